The Bertz CT molecular complexity index is 421. The van der Waals surface area contributed by atoms with E-state index in [0.29, 0.717) is 0 Å². The lowest BCUT2D eigenvalue weighted by Crippen LogP contribution is -2.26. The van der Waals surface area contributed by atoms with Gasteiger partial charge in [-0.15, -0.1) is 0 Å². The van der Waals surface area contributed by atoms with Crippen molar-refractivity contribution in [1.82, 2.24) is 5.32 Å². The van der Waals surface area contributed by atoms with Crippen LogP contribution < -0.4 is 10.2 Å². The Balaban J connectivity index is 1.77. The highest BCUT2D eigenvalue weighted by Gasteiger charge is 2.21. The Kier molecular flexibility index (Phi) is 4.29. The third-order valence-corrected chi connectivity index (χ3v) is 4.39. The van der Waals surface area contributed by atoms with E-state index in [1.54, 1.807) is 0 Å². The first-order valence-corrected chi connectivity index (χ1v) is 7.97. The number of halogens is 1. The molecule has 3 heteroatoms. The molecule has 2 aliphatic rings. The summed E-state index contributed by atoms with van der Waals surface area (Å²) in [6, 6.07) is 7.12. The fourth-order valence-corrected chi connectivity index (χ4v) is 3.00. The lowest BCUT2D eigenvalue weighted by Gasteiger charge is -2.26. The highest BCUT2D eigenvalue weighted by molar-refractivity contribution is 6.30. The fourth-order valence-electron chi connectivity index (χ4n) is 2.83. The minimum absolute atomic E-state index is 0.757. The largest absolute Gasteiger partial charge is 0.371 e. The lowest BCUT2D eigenvalue weighted by molar-refractivity contribution is 0.682. The van der Waals surface area contributed by atoms with Crippen LogP contribution in [0.4, 0.5) is 5.69 Å². The van der Waals surface area contributed by atoms with Gasteiger partial charge in [-0.1, -0.05) is 30.5 Å². The summed E-state index contributed by atoms with van der Waals surface area (Å²) in [6.07, 6.45) is 8.03. The second kappa shape index (κ2) is 6.15. The molecule has 0 bridgehead atoms. The molecule has 104 valence electrons. The first kappa shape index (κ1) is 13.3. The van der Waals surface area contributed by atoms with Gasteiger partial charge in [0.05, 0.1) is 0 Å². The molecule has 0 radical (unpaired) electrons. The Morgan fingerprint density at radius 2 is 1.84 bits per heavy atom. The molecule has 1 aromatic carbocycles. The molecule has 1 heterocycles. The maximum atomic E-state index is 6.20. The Morgan fingerprint density at radius 3 is 2.53 bits per heavy atom. The van der Waals surface area contributed by atoms with Crippen LogP contribution in [0.3, 0.4) is 0 Å². The minimum Gasteiger partial charge on any atom is -0.371 e. The zero-order valence-electron chi connectivity index (χ0n) is 11.5. The van der Waals surface area contributed by atoms with Crippen LogP contribution in [0.1, 0.15) is 44.1 Å². The van der Waals surface area contributed by atoms with E-state index in [9.17, 15) is 0 Å². The van der Waals surface area contributed by atoms with Crippen LogP contribution >= 0.6 is 11.6 Å². The summed E-state index contributed by atoms with van der Waals surface area (Å²) in [5, 5.41) is 4.47. The molecule has 19 heavy (non-hydrogen) atoms. The maximum absolute atomic E-state index is 6.20. The highest BCUT2D eigenvalue weighted by Crippen LogP contribution is 2.28. The monoisotopic (exact) mass is 278 g/mol. The summed E-state index contributed by atoms with van der Waals surface area (Å²) in [5.74, 6) is 0. The molecule has 1 N–H and O–H groups in total. The zero-order valence-corrected chi connectivity index (χ0v) is 12.3. The van der Waals surface area contributed by atoms with Gasteiger partial charge in [-0.2, -0.15) is 0 Å². The van der Waals surface area contributed by atoms with E-state index in [1.165, 1.54) is 62.9 Å². The molecule has 1 saturated carbocycles. The molecule has 2 nitrogen and oxygen atoms in total. The number of hydrogen-bond acceptors (Lipinski definition) is 2. The van der Waals surface area contributed by atoms with Gasteiger partial charge in [-0.3, -0.25) is 0 Å². The maximum Gasteiger partial charge on any atom is 0.0426 e. The van der Waals surface area contributed by atoms with Gasteiger partial charge in [-0.05, 0) is 43.4 Å². The first-order chi connectivity index (χ1) is 9.33. The third-order valence-electron chi connectivity index (χ3n) is 4.15. The molecule has 0 atom stereocenters. The molecular weight excluding hydrogens is 256 g/mol. The second-order valence-electron chi connectivity index (χ2n) is 5.83. The Labute approximate surface area is 121 Å². The van der Waals surface area contributed by atoms with Gasteiger partial charge in [0.1, 0.15) is 0 Å². The van der Waals surface area contributed by atoms with Gasteiger partial charge in [0.25, 0.3) is 0 Å². The molecule has 0 amide bonds. The summed E-state index contributed by atoms with van der Waals surface area (Å²) < 4.78 is 0. The van der Waals surface area contributed by atoms with Crippen LogP contribution in [-0.4, -0.2) is 19.1 Å². The van der Waals surface area contributed by atoms with Gasteiger partial charge in [-0.25, -0.2) is 0 Å². The van der Waals surface area contributed by atoms with Gasteiger partial charge in [0, 0.05) is 36.4 Å². The molecule has 1 aliphatic heterocycles. The van der Waals surface area contributed by atoms with E-state index in [-0.39, 0.29) is 0 Å². The zero-order chi connectivity index (χ0) is 13.1. The van der Waals surface area contributed by atoms with Gasteiger partial charge >= 0.3 is 0 Å². The molecule has 1 saturated heterocycles. The highest BCUT2D eigenvalue weighted by atomic mass is 35.5. The number of benzene rings is 1. The van der Waals surface area contributed by atoms with Crippen LogP contribution in [0.5, 0.6) is 0 Å². The predicted molar refractivity (Wildman–Crippen MR) is 82.0 cm³/mol. The normalized spacial score (nSPS) is 20.4. The molecule has 0 spiro atoms. The predicted octanol–water partition coefficient (Wildman–Crippen LogP) is 3.97. The summed E-state index contributed by atoms with van der Waals surface area (Å²) in [6.45, 7) is 3.33. The van der Waals surface area contributed by atoms with Crippen LogP contribution in [0.15, 0.2) is 18.2 Å². The SMILES string of the molecule is Clc1ccc(CNC2CC2)c(N2CCCCCC2)c1. The molecule has 1 aliphatic carbocycles. The molecular formula is C16H23ClN2. The lowest BCUT2D eigenvalue weighted by atomic mass is 10.1. The minimum atomic E-state index is 0.757. The smallest absolute Gasteiger partial charge is 0.0426 e. The van der Waals surface area contributed by atoms with Gasteiger partial charge in [0.15, 0.2) is 0 Å². The van der Waals surface area contributed by atoms with Crippen LogP contribution in [-0.2, 0) is 6.54 Å². The topological polar surface area (TPSA) is 15.3 Å². The quantitative estimate of drug-likeness (QED) is 0.896. The summed E-state index contributed by atoms with van der Waals surface area (Å²) in [5.41, 5.74) is 2.75. The standard InChI is InChI=1S/C16H23ClN2/c17-14-6-5-13(12-18-15-7-8-15)16(11-14)19-9-3-1-2-4-10-19/h5-6,11,15,18H,1-4,7-10,12H2. The summed E-state index contributed by atoms with van der Waals surface area (Å²) in [7, 11) is 0. The third kappa shape index (κ3) is 3.64. The number of nitrogens with zero attached hydrogens (tertiary/aromatic N) is 1. The molecule has 0 unspecified atom stereocenters. The van der Waals surface area contributed by atoms with E-state index in [0.717, 1.165) is 17.6 Å². The van der Waals surface area contributed by atoms with Crippen molar-refractivity contribution in [3.05, 3.63) is 28.8 Å². The van der Waals surface area contributed by atoms with Crippen molar-refractivity contribution >= 4 is 17.3 Å². The number of rotatable bonds is 4. The number of anilines is 1. The molecule has 2 fully saturated rings. The van der Waals surface area contributed by atoms with Crippen molar-refractivity contribution in [3.63, 3.8) is 0 Å². The van der Waals surface area contributed by atoms with E-state index in [1.807, 2.05) is 6.07 Å². The molecule has 3 rings (SSSR count). The van der Waals surface area contributed by atoms with E-state index >= 15 is 0 Å². The van der Waals surface area contributed by atoms with Crippen LogP contribution in [0.25, 0.3) is 0 Å². The van der Waals surface area contributed by atoms with Crippen LogP contribution in [0, 0.1) is 0 Å². The van der Waals surface area contributed by atoms with Gasteiger partial charge in [0.2, 0.25) is 0 Å². The average Bonchev–Trinajstić information content (AvgIpc) is 3.24. The van der Waals surface area contributed by atoms with Crippen LogP contribution in [0.2, 0.25) is 5.02 Å². The van der Waals surface area contributed by atoms with Crippen molar-refractivity contribution in [3.8, 4) is 0 Å². The van der Waals surface area contributed by atoms with E-state index in [4.69, 9.17) is 11.6 Å². The first-order valence-electron chi connectivity index (χ1n) is 7.60. The average molecular weight is 279 g/mol. The van der Waals surface area contributed by atoms with Gasteiger partial charge < -0.3 is 10.2 Å². The second-order valence-corrected chi connectivity index (χ2v) is 6.27. The number of hydrogen-bond donors (Lipinski definition) is 1. The van der Waals surface area contributed by atoms with Crippen molar-refractivity contribution in [1.29, 1.82) is 0 Å². The van der Waals surface area contributed by atoms with E-state index < -0.39 is 0 Å². The van der Waals surface area contributed by atoms with Crippen molar-refractivity contribution in [2.45, 2.75) is 51.1 Å². The summed E-state index contributed by atoms with van der Waals surface area (Å²) in [4.78, 5) is 2.53. The van der Waals surface area contributed by atoms with Crippen molar-refractivity contribution in [2.75, 3.05) is 18.0 Å². The molecule has 0 aromatic heterocycles. The fraction of sp³-hybridized carbons (Fsp3) is 0.625. The Morgan fingerprint density at radius 1 is 1.11 bits per heavy atom. The van der Waals surface area contributed by atoms with E-state index in [2.05, 4.69) is 22.3 Å². The number of nitrogens with one attached hydrogen (secondary N) is 1. The van der Waals surface area contributed by atoms with Crippen molar-refractivity contribution in [2.24, 2.45) is 0 Å². The summed E-state index contributed by atoms with van der Waals surface area (Å²) >= 11 is 6.20. The van der Waals surface area contributed by atoms with Crippen molar-refractivity contribution < 1.29 is 0 Å². The Hall–Kier alpha value is -0.730. The molecule has 1 aromatic rings.